The Labute approximate surface area is 168 Å². The molecule has 0 aliphatic rings. The normalized spacial score (nSPS) is 10.6. The van der Waals surface area contributed by atoms with Crippen LogP contribution < -0.4 is 16.4 Å². The third kappa shape index (κ3) is 4.44. The van der Waals surface area contributed by atoms with E-state index in [0.29, 0.717) is 23.4 Å². The monoisotopic (exact) mass is 384 g/mol. The molecule has 3 aromatic heterocycles. The second-order valence-electron chi connectivity index (χ2n) is 6.52. The molecule has 8 heteroatoms. The van der Waals surface area contributed by atoms with Crippen molar-refractivity contribution < 1.29 is 0 Å². The van der Waals surface area contributed by atoms with Gasteiger partial charge in [-0.05, 0) is 61.9 Å². The van der Waals surface area contributed by atoms with Gasteiger partial charge in [-0.25, -0.2) is 19.9 Å². The summed E-state index contributed by atoms with van der Waals surface area (Å²) in [6.45, 7) is 3.89. The lowest BCUT2D eigenvalue weighted by Gasteiger charge is -2.10. The lowest BCUT2D eigenvalue weighted by Crippen LogP contribution is -2.03. The Kier molecular flexibility index (Phi) is 4.98. The van der Waals surface area contributed by atoms with Crippen LogP contribution in [0.5, 0.6) is 0 Å². The molecule has 0 unspecified atom stereocenters. The van der Waals surface area contributed by atoms with Gasteiger partial charge in [0.1, 0.15) is 17.3 Å². The average molecular weight is 384 g/mol. The number of aryl methyl sites for hydroxylation is 2. The first-order valence-corrected chi connectivity index (χ1v) is 9.07. The van der Waals surface area contributed by atoms with Gasteiger partial charge in [-0.1, -0.05) is 6.07 Å². The Hall–Kier alpha value is -4.07. The van der Waals surface area contributed by atoms with Crippen LogP contribution in [0.3, 0.4) is 0 Å². The Morgan fingerprint density at radius 3 is 2.38 bits per heavy atom. The molecule has 4 aromatic rings. The summed E-state index contributed by atoms with van der Waals surface area (Å²) in [5.74, 6) is 2.24. The number of rotatable bonds is 5. The highest BCUT2D eigenvalue weighted by molar-refractivity contribution is 5.62. The number of nitrogen functional groups attached to an aromatic ring is 1. The van der Waals surface area contributed by atoms with Crippen molar-refractivity contribution in [1.29, 1.82) is 0 Å². The van der Waals surface area contributed by atoms with Crippen molar-refractivity contribution in [3.05, 3.63) is 72.2 Å². The molecule has 0 fully saturated rings. The van der Waals surface area contributed by atoms with E-state index < -0.39 is 0 Å². The number of hydrogen-bond donors (Lipinski definition) is 3. The maximum Gasteiger partial charge on any atom is 0.229 e. The van der Waals surface area contributed by atoms with Crippen molar-refractivity contribution >= 4 is 29.0 Å². The Bertz CT molecular complexity index is 1160. The largest absolute Gasteiger partial charge is 0.399 e. The Morgan fingerprint density at radius 1 is 0.793 bits per heavy atom. The smallest absolute Gasteiger partial charge is 0.229 e. The summed E-state index contributed by atoms with van der Waals surface area (Å²) in [6.07, 6.45) is 3.36. The molecule has 0 atom stereocenters. The maximum absolute atomic E-state index is 5.87. The molecule has 29 heavy (non-hydrogen) atoms. The summed E-state index contributed by atoms with van der Waals surface area (Å²) >= 11 is 0. The molecule has 1 aromatic carbocycles. The van der Waals surface area contributed by atoms with Crippen LogP contribution in [0.2, 0.25) is 0 Å². The first-order chi connectivity index (χ1) is 14.1. The molecule has 0 saturated heterocycles. The molecule has 4 rings (SSSR count). The molecule has 4 N–H and O–H groups in total. The molecule has 0 radical (unpaired) electrons. The van der Waals surface area contributed by atoms with E-state index in [-0.39, 0.29) is 0 Å². The first-order valence-electron chi connectivity index (χ1n) is 9.07. The standard InChI is InChI=1S/C21H20N8/c1-13-12-15(6-7-16(13)22)26-21-24-11-9-19(29-21)27-18-8-10-23-20(28-18)17-5-3-4-14(2)25-17/h3-12H,22H2,1-2H3,(H2,23,24,26,27,28,29). The second-order valence-corrected chi connectivity index (χ2v) is 6.52. The van der Waals surface area contributed by atoms with E-state index in [0.717, 1.165) is 28.3 Å². The van der Waals surface area contributed by atoms with E-state index in [4.69, 9.17) is 5.73 Å². The fraction of sp³-hybridized carbons (Fsp3) is 0.0952. The summed E-state index contributed by atoms with van der Waals surface area (Å²) < 4.78 is 0. The van der Waals surface area contributed by atoms with Gasteiger partial charge in [0.05, 0.1) is 0 Å². The quantitative estimate of drug-likeness (QED) is 0.442. The van der Waals surface area contributed by atoms with Gasteiger partial charge in [0.15, 0.2) is 5.82 Å². The highest BCUT2D eigenvalue weighted by Gasteiger charge is 2.07. The highest BCUT2D eigenvalue weighted by atomic mass is 15.2. The summed E-state index contributed by atoms with van der Waals surface area (Å²) in [5, 5.41) is 6.37. The number of anilines is 5. The van der Waals surface area contributed by atoms with Crippen LogP contribution in [0.25, 0.3) is 11.5 Å². The topological polar surface area (TPSA) is 115 Å². The predicted octanol–water partition coefficient (Wildman–Crippen LogP) is 4.01. The van der Waals surface area contributed by atoms with E-state index in [1.54, 1.807) is 24.5 Å². The van der Waals surface area contributed by atoms with E-state index in [1.807, 2.05) is 50.2 Å². The zero-order chi connectivity index (χ0) is 20.2. The van der Waals surface area contributed by atoms with Crippen molar-refractivity contribution in [3.8, 4) is 11.5 Å². The predicted molar refractivity (Wildman–Crippen MR) is 114 cm³/mol. The summed E-state index contributed by atoms with van der Waals surface area (Å²) in [4.78, 5) is 22.1. The lowest BCUT2D eigenvalue weighted by molar-refractivity contribution is 1.11. The van der Waals surface area contributed by atoms with Crippen LogP contribution >= 0.6 is 0 Å². The lowest BCUT2D eigenvalue weighted by atomic mass is 10.2. The minimum Gasteiger partial charge on any atom is -0.399 e. The van der Waals surface area contributed by atoms with Crippen molar-refractivity contribution in [2.45, 2.75) is 13.8 Å². The number of nitrogens with zero attached hydrogens (tertiary/aromatic N) is 5. The molecule has 0 spiro atoms. The number of hydrogen-bond acceptors (Lipinski definition) is 8. The Balaban J connectivity index is 1.53. The maximum atomic E-state index is 5.87. The van der Waals surface area contributed by atoms with E-state index >= 15 is 0 Å². The van der Waals surface area contributed by atoms with Gasteiger partial charge in [0.25, 0.3) is 0 Å². The molecule has 0 aliphatic carbocycles. The van der Waals surface area contributed by atoms with Gasteiger partial charge in [-0.3, -0.25) is 0 Å². The Morgan fingerprint density at radius 2 is 1.59 bits per heavy atom. The molecule has 0 saturated carbocycles. The molecule has 0 bridgehead atoms. The summed E-state index contributed by atoms with van der Waals surface area (Å²) in [7, 11) is 0. The van der Waals surface area contributed by atoms with Crippen molar-refractivity contribution in [2.24, 2.45) is 0 Å². The third-order valence-electron chi connectivity index (χ3n) is 4.21. The second kappa shape index (κ2) is 7.89. The molecular formula is C21H20N8. The van der Waals surface area contributed by atoms with Crippen molar-refractivity contribution in [2.75, 3.05) is 16.4 Å². The highest BCUT2D eigenvalue weighted by Crippen LogP contribution is 2.21. The SMILES string of the molecule is Cc1cccc(-c2nccc(Nc3ccnc(Nc4ccc(N)c(C)c4)n3)n2)n1. The number of pyridine rings is 1. The zero-order valence-corrected chi connectivity index (χ0v) is 16.1. The fourth-order valence-electron chi connectivity index (χ4n) is 2.72. The minimum absolute atomic E-state index is 0.466. The van der Waals surface area contributed by atoms with Crippen LogP contribution in [0.4, 0.5) is 29.0 Å². The summed E-state index contributed by atoms with van der Waals surface area (Å²) in [6, 6.07) is 15.0. The molecule has 3 heterocycles. The van der Waals surface area contributed by atoms with Gasteiger partial charge in [-0.2, -0.15) is 4.98 Å². The van der Waals surface area contributed by atoms with Gasteiger partial charge >= 0.3 is 0 Å². The molecule has 0 amide bonds. The van der Waals surface area contributed by atoms with E-state index in [9.17, 15) is 0 Å². The van der Waals surface area contributed by atoms with Gasteiger partial charge in [0.2, 0.25) is 5.95 Å². The zero-order valence-electron chi connectivity index (χ0n) is 16.1. The minimum atomic E-state index is 0.466. The van der Waals surface area contributed by atoms with E-state index in [1.165, 1.54) is 0 Å². The number of nitrogens with two attached hydrogens (primary N) is 1. The average Bonchev–Trinajstić information content (AvgIpc) is 2.71. The molecule has 0 aliphatic heterocycles. The van der Waals surface area contributed by atoms with Crippen LogP contribution in [0, 0.1) is 13.8 Å². The van der Waals surface area contributed by atoms with E-state index in [2.05, 4.69) is 35.6 Å². The fourth-order valence-corrected chi connectivity index (χ4v) is 2.72. The molecule has 8 nitrogen and oxygen atoms in total. The first kappa shape index (κ1) is 18.3. The van der Waals surface area contributed by atoms with Crippen LogP contribution in [-0.4, -0.2) is 24.9 Å². The number of benzene rings is 1. The van der Waals surface area contributed by atoms with Crippen LogP contribution in [0.15, 0.2) is 60.9 Å². The van der Waals surface area contributed by atoms with Gasteiger partial charge < -0.3 is 16.4 Å². The molecule has 144 valence electrons. The number of aromatic nitrogens is 5. The van der Waals surface area contributed by atoms with Crippen molar-refractivity contribution in [1.82, 2.24) is 24.9 Å². The van der Waals surface area contributed by atoms with Gasteiger partial charge in [-0.15, -0.1) is 0 Å². The van der Waals surface area contributed by atoms with Crippen LogP contribution in [-0.2, 0) is 0 Å². The van der Waals surface area contributed by atoms with Crippen molar-refractivity contribution in [3.63, 3.8) is 0 Å². The molecular weight excluding hydrogens is 364 g/mol. The summed E-state index contributed by atoms with van der Waals surface area (Å²) in [5.41, 5.74) is 10.1. The van der Waals surface area contributed by atoms with Gasteiger partial charge in [0, 0.05) is 29.5 Å². The third-order valence-corrected chi connectivity index (χ3v) is 4.21. The van der Waals surface area contributed by atoms with Crippen LogP contribution in [0.1, 0.15) is 11.3 Å². The number of nitrogens with one attached hydrogen (secondary N) is 2.